The Bertz CT molecular complexity index is 664. The summed E-state index contributed by atoms with van der Waals surface area (Å²) in [5.41, 5.74) is 0.916. The van der Waals surface area contributed by atoms with Crippen LogP contribution in [0.5, 0.6) is 11.5 Å². The lowest BCUT2D eigenvalue weighted by atomic mass is 9.78. The van der Waals surface area contributed by atoms with Gasteiger partial charge in [0, 0.05) is 6.54 Å². The van der Waals surface area contributed by atoms with Gasteiger partial charge >= 0.3 is 5.97 Å². The fraction of sp³-hybridized carbons (Fsp3) is 0.600. The normalized spacial score (nSPS) is 19.4. The van der Waals surface area contributed by atoms with Crippen LogP contribution in [-0.2, 0) is 16.0 Å². The average Bonchev–Trinajstić information content (AvgIpc) is 2.66. The van der Waals surface area contributed by atoms with Crippen LogP contribution in [0, 0.1) is 11.8 Å². The molecular weight excluding hydrogens is 370 g/mol. The number of carboxylic acid groups (broad SMARTS) is 1. The van der Waals surface area contributed by atoms with Crippen molar-refractivity contribution in [2.24, 2.45) is 11.8 Å². The number of carbonyl (C=O) groups excluding carboxylic acids is 1. The number of methoxy groups -OCH3 is 1. The number of carboxylic acids is 1. The summed E-state index contributed by atoms with van der Waals surface area (Å²) in [4.78, 5) is 23.8. The SMILES string of the molecule is CCCOc1c(Cl)cc(CCNC(=O)C2CCCCC2C(=O)O)cc1OC. The van der Waals surface area contributed by atoms with Crippen LogP contribution in [-0.4, -0.2) is 37.2 Å². The summed E-state index contributed by atoms with van der Waals surface area (Å²) in [5.74, 6) is -0.990. The van der Waals surface area contributed by atoms with E-state index >= 15 is 0 Å². The van der Waals surface area contributed by atoms with E-state index in [-0.39, 0.29) is 5.91 Å². The van der Waals surface area contributed by atoms with Gasteiger partial charge in [-0.3, -0.25) is 9.59 Å². The highest BCUT2D eigenvalue weighted by atomic mass is 35.5. The third-order valence-corrected chi connectivity index (χ3v) is 5.15. The molecule has 0 bridgehead atoms. The highest BCUT2D eigenvalue weighted by Gasteiger charge is 2.35. The van der Waals surface area contributed by atoms with Crippen LogP contribution in [0.3, 0.4) is 0 Å². The smallest absolute Gasteiger partial charge is 0.307 e. The van der Waals surface area contributed by atoms with E-state index in [0.717, 1.165) is 24.8 Å². The first-order valence-corrected chi connectivity index (χ1v) is 9.85. The summed E-state index contributed by atoms with van der Waals surface area (Å²) >= 11 is 6.31. The zero-order valence-corrected chi connectivity index (χ0v) is 16.7. The molecule has 0 heterocycles. The Morgan fingerprint density at radius 1 is 1.26 bits per heavy atom. The lowest BCUT2D eigenvalue weighted by Gasteiger charge is -2.27. The largest absolute Gasteiger partial charge is 0.493 e. The van der Waals surface area contributed by atoms with Crippen molar-refractivity contribution in [2.45, 2.75) is 45.4 Å². The third kappa shape index (κ3) is 5.76. The van der Waals surface area contributed by atoms with Crippen LogP contribution in [0.1, 0.15) is 44.6 Å². The number of hydrogen-bond donors (Lipinski definition) is 2. The van der Waals surface area contributed by atoms with Gasteiger partial charge in [-0.05, 0) is 43.4 Å². The number of benzene rings is 1. The van der Waals surface area contributed by atoms with E-state index in [1.807, 2.05) is 19.1 Å². The third-order valence-electron chi connectivity index (χ3n) is 4.87. The van der Waals surface area contributed by atoms with Gasteiger partial charge in [0.15, 0.2) is 11.5 Å². The molecule has 1 aromatic carbocycles. The van der Waals surface area contributed by atoms with Crippen molar-refractivity contribution < 1.29 is 24.2 Å². The zero-order chi connectivity index (χ0) is 19.8. The van der Waals surface area contributed by atoms with Crippen LogP contribution in [0.4, 0.5) is 0 Å². The van der Waals surface area contributed by atoms with Crippen LogP contribution in [0.2, 0.25) is 5.02 Å². The first-order chi connectivity index (χ1) is 13.0. The number of hydrogen-bond acceptors (Lipinski definition) is 4. The Morgan fingerprint density at radius 3 is 2.59 bits per heavy atom. The molecule has 0 radical (unpaired) electrons. The van der Waals surface area contributed by atoms with Gasteiger partial charge in [0.2, 0.25) is 5.91 Å². The molecule has 1 aromatic rings. The summed E-state index contributed by atoms with van der Waals surface area (Å²) in [6, 6.07) is 3.66. The highest BCUT2D eigenvalue weighted by molar-refractivity contribution is 6.32. The fourth-order valence-electron chi connectivity index (χ4n) is 3.46. The minimum atomic E-state index is -0.881. The Kier molecular flexibility index (Phi) is 8.23. The van der Waals surface area contributed by atoms with Crippen molar-refractivity contribution in [3.63, 3.8) is 0 Å². The van der Waals surface area contributed by atoms with Crippen molar-refractivity contribution in [1.29, 1.82) is 0 Å². The predicted molar refractivity (Wildman–Crippen MR) is 104 cm³/mol. The Labute approximate surface area is 165 Å². The maximum atomic E-state index is 12.4. The van der Waals surface area contributed by atoms with Crippen LogP contribution in [0.15, 0.2) is 12.1 Å². The summed E-state index contributed by atoms with van der Waals surface area (Å²) in [6.07, 6.45) is 4.40. The molecule has 2 rings (SSSR count). The van der Waals surface area contributed by atoms with E-state index in [4.69, 9.17) is 21.1 Å². The molecule has 2 unspecified atom stereocenters. The lowest BCUT2D eigenvalue weighted by Crippen LogP contribution is -2.40. The van der Waals surface area contributed by atoms with Gasteiger partial charge in [0.05, 0.1) is 30.6 Å². The number of amides is 1. The van der Waals surface area contributed by atoms with E-state index in [1.165, 1.54) is 0 Å². The molecule has 150 valence electrons. The molecule has 0 spiro atoms. The van der Waals surface area contributed by atoms with E-state index < -0.39 is 17.8 Å². The van der Waals surface area contributed by atoms with Crippen molar-refractivity contribution in [2.75, 3.05) is 20.3 Å². The van der Waals surface area contributed by atoms with Gasteiger partial charge in [-0.15, -0.1) is 0 Å². The molecule has 27 heavy (non-hydrogen) atoms. The minimum absolute atomic E-state index is 0.178. The molecule has 1 aliphatic carbocycles. The molecule has 0 aliphatic heterocycles. The molecule has 1 aliphatic rings. The van der Waals surface area contributed by atoms with Crippen molar-refractivity contribution in [3.05, 3.63) is 22.7 Å². The van der Waals surface area contributed by atoms with Gasteiger partial charge in [0.25, 0.3) is 0 Å². The van der Waals surface area contributed by atoms with Crippen molar-refractivity contribution in [3.8, 4) is 11.5 Å². The summed E-state index contributed by atoms with van der Waals surface area (Å²) in [7, 11) is 1.56. The zero-order valence-electron chi connectivity index (χ0n) is 15.9. The molecule has 1 amide bonds. The molecule has 6 nitrogen and oxygen atoms in total. The minimum Gasteiger partial charge on any atom is -0.493 e. The van der Waals surface area contributed by atoms with Crippen LogP contribution < -0.4 is 14.8 Å². The number of aliphatic carboxylic acids is 1. The number of nitrogens with one attached hydrogen (secondary N) is 1. The molecule has 2 atom stereocenters. The molecule has 7 heteroatoms. The summed E-state index contributed by atoms with van der Waals surface area (Å²) in [6.45, 7) is 2.98. The topological polar surface area (TPSA) is 84.9 Å². The van der Waals surface area contributed by atoms with Crippen molar-refractivity contribution in [1.82, 2.24) is 5.32 Å². The number of rotatable bonds is 9. The van der Waals surface area contributed by atoms with Gasteiger partial charge in [0.1, 0.15) is 0 Å². The molecule has 0 saturated heterocycles. The standard InChI is InChI=1S/C20H28ClNO5/c1-3-10-27-18-16(21)11-13(12-17(18)26-2)8-9-22-19(23)14-6-4-5-7-15(14)20(24)25/h11-12,14-15H,3-10H2,1-2H3,(H,22,23)(H,24,25). The van der Waals surface area contributed by atoms with Crippen LogP contribution >= 0.6 is 11.6 Å². The average molecular weight is 398 g/mol. The summed E-state index contributed by atoms with van der Waals surface area (Å²) < 4.78 is 11.0. The number of ether oxygens (including phenoxy) is 2. The highest BCUT2D eigenvalue weighted by Crippen LogP contribution is 2.36. The van der Waals surface area contributed by atoms with Gasteiger partial charge in [-0.2, -0.15) is 0 Å². The molecular formula is C20H28ClNO5. The second kappa shape index (κ2) is 10.4. The Hall–Kier alpha value is -1.95. The molecule has 2 N–H and O–H groups in total. The maximum Gasteiger partial charge on any atom is 0.307 e. The predicted octanol–water partition coefficient (Wildman–Crippen LogP) is 3.69. The quantitative estimate of drug-likeness (QED) is 0.663. The first kappa shape index (κ1) is 21.4. The lowest BCUT2D eigenvalue weighted by molar-refractivity contribution is -0.148. The molecule has 0 aromatic heterocycles. The first-order valence-electron chi connectivity index (χ1n) is 9.47. The summed E-state index contributed by atoms with van der Waals surface area (Å²) in [5, 5.41) is 12.7. The molecule has 1 saturated carbocycles. The van der Waals surface area contributed by atoms with E-state index in [0.29, 0.717) is 48.9 Å². The Morgan fingerprint density at radius 2 is 1.96 bits per heavy atom. The van der Waals surface area contributed by atoms with Gasteiger partial charge < -0.3 is 19.9 Å². The maximum absolute atomic E-state index is 12.4. The Balaban J connectivity index is 1.95. The fourth-order valence-corrected chi connectivity index (χ4v) is 3.75. The van der Waals surface area contributed by atoms with E-state index in [1.54, 1.807) is 7.11 Å². The van der Waals surface area contributed by atoms with E-state index in [9.17, 15) is 14.7 Å². The second-order valence-corrected chi connectivity index (χ2v) is 7.24. The van der Waals surface area contributed by atoms with Crippen molar-refractivity contribution >= 4 is 23.5 Å². The van der Waals surface area contributed by atoms with Gasteiger partial charge in [-0.25, -0.2) is 0 Å². The van der Waals surface area contributed by atoms with Crippen LogP contribution in [0.25, 0.3) is 0 Å². The second-order valence-electron chi connectivity index (χ2n) is 6.83. The number of carbonyl (C=O) groups is 2. The molecule has 1 fully saturated rings. The number of halogens is 1. The van der Waals surface area contributed by atoms with E-state index in [2.05, 4.69) is 5.32 Å². The monoisotopic (exact) mass is 397 g/mol. The van der Waals surface area contributed by atoms with Gasteiger partial charge in [-0.1, -0.05) is 31.4 Å².